The van der Waals surface area contributed by atoms with Crippen molar-refractivity contribution in [2.75, 3.05) is 66.1 Å². The van der Waals surface area contributed by atoms with Crippen molar-refractivity contribution in [1.82, 2.24) is 0 Å². The van der Waals surface area contributed by atoms with E-state index in [1.807, 2.05) is 0 Å². The van der Waals surface area contributed by atoms with E-state index >= 15 is 0 Å². The first-order chi connectivity index (χ1) is 30.4. The molecule has 0 aromatic carbocycles. The van der Waals surface area contributed by atoms with E-state index in [0.717, 1.165) is 68.2 Å². The topological polar surface area (TPSA) is 257 Å². The fraction of sp³-hybridized carbons (Fsp3) is 0.400. The van der Waals surface area contributed by atoms with Gasteiger partial charge in [0.15, 0.2) is 0 Å². The van der Waals surface area contributed by atoms with E-state index < -0.39 is 59.2 Å². The zero-order valence-corrected chi connectivity index (χ0v) is 35.9. The molecule has 0 aromatic rings. The molecule has 0 unspecified atom stereocenters. The molecule has 352 valence electrons. The Hall–Kier alpha value is -7.15. The second kappa shape index (κ2) is 34.4. The van der Waals surface area contributed by atoms with Crippen molar-refractivity contribution in [1.29, 1.82) is 0 Å². The lowest BCUT2D eigenvalue weighted by molar-refractivity contribution is -0.165. The van der Waals surface area contributed by atoms with Crippen LogP contribution in [0.25, 0.3) is 0 Å². The minimum Gasteiger partial charge on any atom is -0.462 e. The molecule has 1 aliphatic carbocycles. The SMILES string of the molecule is C=CC(=O)OCC(CO)(COC(=O)C=C)COC(=O)C=C.C=CC(=O)OCC(COC(=O)C=C)(COC(=O)C=C)COC(=O)C=C.C=CC(=O)OCC1CCC(COC(=O)C=C)CC1. The molecule has 1 aliphatic rings. The number of carbonyl (C=O) groups excluding carboxylic acids is 9. The predicted octanol–water partition coefficient (Wildman–Crippen LogP) is 3.29. The first-order valence-electron chi connectivity index (χ1n) is 19.1. The van der Waals surface area contributed by atoms with E-state index in [-0.39, 0.29) is 58.2 Å². The lowest BCUT2D eigenvalue weighted by Crippen LogP contribution is -2.43. The van der Waals surface area contributed by atoms with Gasteiger partial charge in [0.2, 0.25) is 0 Å². The molecule has 0 heterocycles. The van der Waals surface area contributed by atoms with E-state index in [0.29, 0.717) is 25.0 Å². The predicted molar refractivity (Wildman–Crippen MR) is 228 cm³/mol. The molecule has 0 bridgehead atoms. The lowest BCUT2D eigenvalue weighted by atomic mass is 9.83. The van der Waals surface area contributed by atoms with E-state index in [9.17, 15) is 48.3 Å². The standard InChI is InChI=1S/C17H20O8.C14H18O7.C14H20O4/c1-5-13(18)22-9-17(10-23-14(19)6-2,11-24-15(20)7-3)12-25-16(21)8-4;1-4-11(16)19-8-14(7-15,9-20-12(17)5-2)10-21-13(18)6-3;1-3-13(15)17-9-11-5-7-12(8-6-11)10-18-14(16)4-2/h5-8H,1-4,9-12H2;4-6,15H,1-3,7-10H2;3-4,11-12H,1-2,5-10H2. The summed E-state index contributed by atoms with van der Waals surface area (Å²) >= 11 is 0. The van der Waals surface area contributed by atoms with E-state index in [2.05, 4.69) is 59.2 Å². The first kappa shape index (κ1) is 58.9. The molecule has 1 saturated carbocycles. The van der Waals surface area contributed by atoms with Gasteiger partial charge < -0.3 is 47.7 Å². The summed E-state index contributed by atoms with van der Waals surface area (Å²) in [5, 5.41) is 9.48. The van der Waals surface area contributed by atoms with Crippen LogP contribution in [0.15, 0.2) is 114 Å². The average Bonchev–Trinajstić information content (AvgIpc) is 3.33. The summed E-state index contributed by atoms with van der Waals surface area (Å²) in [5.41, 5.74) is -2.62. The maximum atomic E-state index is 11.3. The molecule has 0 aromatic heterocycles. The summed E-state index contributed by atoms with van der Waals surface area (Å²) in [7, 11) is 0. The Kier molecular flexibility index (Phi) is 31.7. The van der Waals surface area contributed by atoms with Gasteiger partial charge in [-0.05, 0) is 37.5 Å². The fourth-order valence-electron chi connectivity index (χ4n) is 4.58. The molecule has 1 fully saturated rings. The van der Waals surface area contributed by atoms with Gasteiger partial charge in [-0.3, -0.25) is 0 Å². The zero-order valence-electron chi connectivity index (χ0n) is 35.9. The second-order valence-electron chi connectivity index (χ2n) is 13.4. The van der Waals surface area contributed by atoms with Gasteiger partial charge in [0, 0.05) is 54.7 Å². The molecule has 1 N–H and O–H groups in total. The van der Waals surface area contributed by atoms with Crippen molar-refractivity contribution in [2.24, 2.45) is 22.7 Å². The van der Waals surface area contributed by atoms with Crippen molar-refractivity contribution < 1.29 is 90.9 Å². The quantitative estimate of drug-likeness (QED) is 0.0671. The summed E-state index contributed by atoms with van der Waals surface area (Å²) < 4.78 is 44.3. The highest BCUT2D eigenvalue weighted by molar-refractivity contribution is 5.84. The van der Waals surface area contributed by atoms with Crippen LogP contribution in [-0.4, -0.2) is 125 Å². The van der Waals surface area contributed by atoms with Crippen molar-refractivity contribution in [3.63, 3.8) is 0 Å². The number of rotatable bonds is 28. The number of carbonyl (C=O) groups is 9. The fourth-order valence-corrected chi connectivity index (χ4v) is 4.58. The number of hydrogen-bond acceptors (Lipinski definition) is 19. The van der Waals surface area contributed by atoms with E-state index in [1.54, 1.807) is 0 Å². The van der Waals surface area contributed by atoms with Crippen molar-refractivity contribution in [3.05, 3.63) is 114 Å². The number of aliphatic hydroxyl groups excluding tert-OH is 1. The molecule has 0 spiro atoms. The third kappa shape index (κ3) is 27.6. The van der Waals surface area contributed by atoms with E-state index in [1.165, 1.54) is 12.2 Å². The Balaban J connectivity index is 0. The first-order valence-corrected chi connectivity index (χ1v) is 19.1. The smallest absolute Gasteiger partial charge is 0.330 e. The molecule has 0 amide bonds. The van der Waals surface area contributed by atoms with Crippen LogP contribution >= 0.6 is 0 Å². The summed E-state index contributed by atoms with van der Waals surface area (Å²) in [6.45, 7) is 27.3. The van der Waals surface area contributed by atoms with Gasteiger partial charge in [-0.25, -0.2) is 43.2 Å². The maximum absolute atomic E-state index is 11.3. The molecule has 64 heavy (non-hydrogen) atoms. The van der Waals surface area contributed by atoms with Gasteiger partial charge in [0.05, 0.1) is 25.2 Å². The highest BCUT2D eigenvalue weighted by Gasteiger charge is 2.38. The number of aliphatic hydroxyl groups is 1. The van der Waals surface area contributed by atoms with Crippen LogP contribution in [-0.2, 0) is 85.8 Å². The van der Waals surface area contributed by atoms with Crippen molar-refractivity contribution in [3.8, 4) is 0 Å². The molecule has 0 atom stereocenters. The zero-order chi connectivity index (χ0) is 49.0. The van der Waals surface area contributed by atoms with Crippen LogP contribution in [0.1, 0.15) is 25.7 Å². The van der Waals surface area contributed by atoms with Gasteiger partial charge in [0.25, 0.3) is 0 Å². The molecular weight excluding hydrogens is 844 g/mol. The summed E-state index contributed by atoms with van der Waals surface area (Å²) in [6, 6.07) is 0. The number of esters is 9. The van der Waals surface area contributed by atoms with Gasteiger partial charge in [-0.15, -0.1) is 0 Å². The van der Waals surface area contributed by atoms with Crippen LogP contribution in [0.3, 0.4) is 0 Å². The molecule has 0 aliphatic heterocycles. The Morgan fingerprint density at radius 3 is 0.688 bits per heavy atom. The maximum Gasteiger partial charge on any atom is 0.330 e. The third-order valence-electron chi connectivity index (χ3n) is 8.37. The third-order valence-corrected chi connectivity index (χ3v) is 8.37. The van der Waals surface area contributed by atoms with Crippen LogP contribution in [0, 0.1) is 22.7 Å². The largest absolute Gasteiger partial charge is 0.462 e. The Bertz CT molecular complexity index is 1490. The molecule has 1 rings (SSSR count). The highest BCUT2D eigenvalue weighted by Crippen LogP contribution is 2.29. The van der Waals surface area contributed by atoms with Crippen molar-refractivity contribution >= 4 is 53.7 Å². The normalized spacial score (nSPS) is 13.6. The minimum absolute atomic E-state index is 0.330. The number of hydrogen-bond donors (Lipinski definition) is 1. The summed E-state index contributed by atoms with van der Waals surface area (Å²) in [6.07, 6.45) is 12.9. The van der Waals surface area contributed by atoms with Crippen LogP contribution in [0.5, 0.6) is 0 Å². The monoisotopic (exact) mass is 902 g/mol. The molecular formula is C45H58O19. The highest BCUT2D eigenvalue weighted by atomic mass is 16.6. The summed E-state index contributed by atoms with van der Waals surface area (Å²) in [5.74, 6) is -5.11. The van der Waals surface area contributed by atoms with Gasteiger partial charge in [-0.2, -0.15) is 0 Å². The molecule has 0 saturated heterocycles. The Labute approximate surface area is 372 Å². The Morgan fingerprint density at radius 1 is 0.344 bits per heavy atom. The van der Waals surface area contributed by atoms with E-state index in [4.69, 9.17) is 42.6 Å². The van der Waals surface area contributed by atoms with Gasteiger partial charge in [0.1, 0.15) is 51.7 Å². The van der Waals surface area contributed by atoms with Crippen LogP contribution < -0.4 is 0 Å². The lowest BCUT2D eigenvalue weighted by Gasteiger charge is -2.31. The van der Waals surface area contributed by atoms with Gasteiger partial charge >= 0.3 is 53.7 Å². The molecule has 19 nitrogen and oxygen atoms in total. The second-order valence-corrected chi connectivity index (χ2v) is 13.4. The average molecular weight is 903 g/mol. The van der Waals surface area contributed by atoms with Crippen LogP contribution in [0.4, 0.5) is 0 Å². The summed E-state index contributed by atoms with van der Waals surface area (Å²) in [4.78, 5) is 100. The van der Waals surface area contributed by atoms with Gasteiger partial charge in [-0.1, -0.05) is 59.2 Å². The molecule has 19 heteroatoms. The minimum atomic E-state index is -1.34. The number of ether oxygens (including phenoxy) is 9. The Morgan fingerprint density at radius 2 is 0.516 bits per heavy atom. The van der Waals surface area contributed by atoms with Crippen molar-refractivity contribution in [2.45, 2.75) is 25.7 Å². The van der Waals surface area contributed by atoms with Crippen LogP contribution in [0.2, 0.25) is 0 Å². The molecule has 0 radical (unpaired) electrons.